The lowest BCUT2D eigenvalue weighted by Gasteiger charge is -2.21. The third-order valence-corrected chi connectivity index (χ3v) is 2.66. The van der Waals surface area contributed by atoms with E-state index in [1.165, 1.54) is 11.0 Å². The van der Waals surface area contributed by atoms with E-state index in [1.807, 2.05) is 6.92 Å². The van der Waals surface area contributed by atoms with Gasteiger partial charge in [-0.1, -0.05) is 0 Å². The maximum absolute atomic E-state index is 12.0. The Kier molecular flexibility index (Phi) is 3.58. The van der Waals surface area contributed by atoms with Crippen LogP contribution < -0.4 is 5.73 Å². The molecule has 1 saturated heterocycles. The van der Waals surface area contributed by atoms with Crippen molar-refractivity contribution in [2.75, 3.05) is 25.4 Å². The second kappa shape index (κ2) is 5.13. The number of carbonyl (C=O) groups is 1. The zero-order valence-corrected chi connectivity index (χ0v) is 9.87. The Morgan fingerprint density at radius 1 is 1.71 bits per heavy atom. The molecule has 0 aromatic carbocycles. The number of amides is 1. The number of nitrogens with zero attached hydrogens (tertiary/aromatic N) is 4. The molecule has 7 heteroatoms. The molecule has 0 radical (unpaired) electrons. The molecule has 94 valence electrons. The lowest BCUT2D eigenvalue weighted by molar-refractivity contribution is -0.132. The summed E-state index contributed by atoms with van der Waals surface area (Å²) in [5.41, 5.74) is 5.39. The molecule has 0 aliphatic carbocycles. The second-order valence-electron chi connectivity index (χ2n) is 4.18. The average molecular weight is 239 g/mol. The molecule has 1 atom stereocenters. The first-order valence-electron chi connectivity index (χ1n) is 5.69. The first kappa shape index (κ1) is 11.8. The van der Waals surface area contributed by atoms with E-state index in [4.69, 9.17) is 10.5 Å². The summed E-state index contributed by atoms with van der Waals surface area (Å²) in [4.78, 5) is 17.6. The summed E-state index contributed by atoms with van der Waals surface area (Å²) in [5, 5.41) is 3.89. The van der Waals surface area contributed by atoms with Gasteiger partial charge in [-0.15, -0.1) is 5.10 Å². The van der Waals surface area contributed by atoms with Gasteiger partial charge in [-0.3, -0.25) is 4.79 Å². The van der Waals surface area contributed by atoms with Crippen molar-refractivity contribution < 1.29 is 9.53 Å². The van der Waals surface area contributed by atoms with Crippen LogP contribution in [0.3, 0.4) is 0 Å². The zero-order chi connectivity index (χ0) is 12.3. The van der Waals surface area contributed by atoms with Gasteiger partial charge in [-0.2, -0.15) is 0 Å². The molecule has 1 aromatic rings. The maximum Gasteiger partial charge on any atom is 0.244 e. The molecule has 1 aliphatic rings. The molecule has 0 bridgehead atoms. The number of rotatable bonds is 2. The molecule has 2 rings (SSSR count). The minimum atomic E-state index is 0.0206. The van der Waals surface area contributed by atoms with Crippen LogP contribution in [-0.4, -0.2) is 51.4 Å². The van der Waals surface area contributed by atoms with E-state index in [9.17, 15) is 4.79 Å². The van der Waals surface area contributed by atoms with Gasteiger partial charge in [0.25, 0.3) is 0 Å². The summed E-state index contributed by atoms with van der Waals surface area (Å²) in [6, 6.07) is 0. The van der Waals surface area contributed by atoms with Gasteiger partial charge in [0, 0.05) is 19.7 Å². The van der Waals surface area contributed by atoms with Crippen LogP contribution in [0, 0.1) is 0 Å². The van der Waals surface area contributed by atoms with Gasteiger partial charge in [0.1, 0.15) is 12.9 Å². The molecule has 1 aromatic heterocycles. The molecule has 1 aliphatic heterocycles. The van der Waals surface area contributed by atoms with Crippen molar-refractivity contribution >= 4 is 11.9 Å². The first-order chi connectivity index (χ1) is 8.15. The van der Waals surface area contributed by atoms with Crippen molar-refractivity contribution in [3.05, 3.63) is 6.33 Å². The summed E-state index contributed by atoms with van der Waals surface area (Å²) < 4.78 is 6.94. The van der Waals surface area contributed by atoms with Crippen molar-refractivity contribution in [1.29, 1.82) is 0 Å². The Morgan fingerprint density at radius 3 is 3.24 bits per heavy atom. The van der Waals surface area contributed by atoms with Crippen molar-refractivity contribution in [1.82, 2.24) is 19.7 Å². The summed E-state index contributed by atoms with van der Waals surface area (Å²) in [5.74, 6) is 0.206. The van der Waals surface area contributed by atoms with Gasteiger partial charge in [0.15, 0.2) is 0 Å². The van der Waals surface area contributed by atoms with E-state index in [2.05, 4.69) is 10.1 Å². The number of ether oxygens (including phenoxy) is 1. The Balaban J connectivity index is 1.94. The number of anilines is 1. The predicted molar refractivity (Wildman–Crippen MR) is 61.0 cm³/mol. The number of hydrogen-bond donors (Lipinski definition) is 1. The second-order valence-corrected chi connectivity index (χ2v) is 4.18. The van der Waals surface area contributed by atoms with Gasteiger partial charge in [-0.25, -0.2) is 9.67 Å². The lowest BCUT2D eigenvalue weighted by atomic mass is 10.3. The summed E-state index contributed by atoms with van der Waals surface area (Å²) in [6.07, 6.45) is 2.42. The summed E-state index contributed by atoms with van der Waals surface area (Å²) in [6.45, 7) is 4.22. The van der Waals surface area contributed by atoms with Gasteiger partial charge >= 0.3 is 0 Å². The summed E-state index contributed by atoms with van der Waals surface area (Å²) >= 11 is 0. The van der Waals surface area contributed by atoms with Crippen molar-refractivity contribution in [2.24, 2.45) is 0 Å². The topological polar surface area (TPSA) is 86.3 Å². The third kappa shape index (κ3) is 3.16. The fourth-order valence-corrected chi connectivity index (χ4v) is 1.84. The van der Waals surface area contributed by atoms with E-state index in [-0.39, 0.29) is 24.5 Å². The van der Waals surface area contributed by atoms with Crippen molar-refractivity contribution in [3.63, 3.8) is 0 Å². The number of carbonyl (C=O) groups excluding carboxylic acids is 1. The molecule has 0 saturated carbocycles. The van der Waals surface area contributed by atoms with Gasteiger partial charge in [0.05, 0.1) is 6.10 Å². The van der Waals surface area contributed by atoms with E-state index < -0.39 is 0 Å². The number of aromatic nitrogens is 3. The van der Waals surface area contributed by atoms with E-state index >= 15 is 0 Å². The molecule has 7 nitrogen and oxygen atoms in total. The van der Waals surface area contributed by atoms with E-state index in [0.29, 0.717) is 13.2 Å². The van der Waals surface area contributed by atoms with Crippen molar-refractivity contribution in [3.8, 4) is 0 Å². The van der Waals surface area contributed by atoms with Crippen LogP contribution in [0.4, 0.5) is 5.95 Å². The minimum absolute atomic E-state index is 0.0206. The molecule has 2 heterocycles. The monoisotopic (exact) mass is 239 g/mol. The Hall–Kier alpha value is -1.63. The predicted octanol–water partition coefficient (Wildman–Crippen LogP) is -0.502. The Morgan fingerprint density at radius 2 is 2.53 bits per heavy atom. The highest BCUT2D eigenvalue weighted by Gasteiger charge is 2.20. The van der Waals surface area contributed by atoms with Crippen LogP contribution in [0.5, 0.6) is 0 Å². The van der Waals surface area contributed by atoms with Gasteiger partial charge < -0.3 is 15.4 Å². The van der Waals surface area contributed by atoms with E-state index in [0.717, 1.165) is 13.0 Å². The molecule has 1 unspecified atom stereocenters. The first-order valence-corrected chi connectivity index (χ1v) is 5.69. The van der Waals surface area contributed by atoms with Gasteiger partial charge in [0.2, 0.25) is 11.9 Å². The summed E-state index contributed by atoms with van der Waals surface area (Å²) in [7, 11) is 0. The SMILES string of the molecule is CC1CN(C(=O)Cn2cnc(N)n2)CCCO1. The normalized spacial score (nSPS) is 21.2. The third-order valence-electron chi connectivity index (χ3n) is 2.66. The standard InChI is InChI=1S/C10H17N5O2/c1-8-5-14(3-2-4-17-8)9(16)6-15-7-12-10(11)13-15/h7-8H,2-6H2,1H3,(H2,11,13). The average Bonchev–Trinajstić information content (AvgIpc) is 2.56. The Bertz CT molecular complexity index is 392. The highest BCUT2D eigenvalue weighted by molar-refractivity contribution is 5.75. The minimum Gasteiger partial charge on any atom is -0.377 e. The van der Waals surface area contributed by atoms with Crippen LogP contribution in [0.15, 0.2) is 6.33 Å². The number of hydrogen-bond acceptors (Lipinski definition) is 5. The Labute approximate surface area is 99.5 Å². The molecular weight excluding hydrogens is 222 g/mol. The molecule has 1 amide bonds. The highest BCUT2D eigenvalue weighted by Crippen LogP contribution is 2.06. The quantitative estimate of drug-likeness (QED) is 0.751. The van der Waals surface area contributed by atoms with Crippen LogP contribution in [-0.2, 0) is 16.1 Å². The number of nitrogen functional groups attached to an aromatic ring is 1. The molecule has 0 spiro atoms. The number of nitrogens with two attached hydrogens (primary N) is 1. The maximum atomic E-state index is 12.0. The van der Waals surface area contributed by atoms with Gasteiger partial charge in [-0.05, 0) is 13.3 Å². The highest BCUT2D eigenvalue weighted by atomic mass is 16.5. The molecular formula is C10H17N5O2. The molecule has 1 fully saturated rings. The fourth-order valence-electron chi connectivity index (χ4n) is 1.84. The molecule has 2 N–H and O–H groups in total. The largest absolute Gasteiger partial charge is 0.377 e. The smallest absolute Gasteiger partial charge is 0.244 e. The van der Waals surface area contributed by atoms with Crippen molar-refractivity contribution in [2.45, 2.75) is 26.0 Å². The fraction of sp³-hybridized carbons (Fsp3) is 0.700. The zero-order valence-electron chi connectivity index (χ0n) is 9.87. The van der Waals surface area contributed by atoms with E-state index in [1.54, 1.807) is 4.90 Å². The molecule has 17 heavy (non-hydrogen) atoms. The van der Waals surface area contributed by atoms with Crippen LogP contribution in [0.25, 0.3) is 0 Å². The van der Waals surface area contributed by atoms with Crippen LogP contribution in [0.1, 0.15) is 13.3 Å². The van der Waals surface area contributed by atoms with Crippen LogP contribution in [0.2, 0.25) is 0 Å². The lowest BCUT2D eigenvalue weighted by Crippen LogP contribution is -2.38. The van der Waals surface area contributed by atoms with Crippen LogP contribution >= 0.6 is 0 Å².